The zero-order chi connectivity index (χ0) is 16.2. The van der Waals surface area contributed by atoms with E-state index in [4.69, 9.17) is 10.5 Å². The van der Waals surface area contributed by atoms with Crippen LogP contribution in [-0.4, -0.2) is 31.7 Å². The van der Waals surface area contributed by atoms with Crippen molar-refractivity contribution in [3.05, 3.63) is 35.4 Å². The van der Waals surface area contributed by atoms with Crippen molar-refractivity contribution in [2.24, 2.45) is 11.7 Å². The Kier molecular flexibility index (Phi) is 5.59. The highest BCUT2D eigenvalue weighted by molar-refractivity contribution is 5.81. The SMILES string of the molecule is Cc1cccc(C(C)(C)CNC(=O)C(N)C2CCOCC2)c1. The Morgan fingerprint density at radius 2 is 2.09 bits per heavy atom. The third kappa shape index (κ3) is 4.31. The molecule has 0 radical (unpaired) electrons. The lowest BCUT2D eigenvalue weighted by atomic mass is 9.83. The standard InChI is InChI=1S/C18H28N2O2/c1-13-5-4-6-15(11-13)18(2,3)12-20-17(21)16(19)14-7-9-22-10-8-14/h4-6,11,14,16H,7-10,12,19H2,1-3H3,(H,20,21). The molecule has 0 aromatic heterocycles. The largest absolute Gasteiger partial charge is 0.381 e. The number of nitrogens with one attached hydrogen (secondary N) is 1. The molecule has 2 rings (SSSR count). The summed E-state index contributed by atoms with van der Waals surface area (Å²) in [7, 11) is 0. The topological polar surface area (TPSA) is 64.4 Å². The first-order valence-corrected chi connectivity index (χ1v) is 8.08. The molecule has 1 amide bonds. The Morgan fingerprint density at radius 3 is 2.73 bits per heavy atom. The van der Waals surface area contributed by atoms with E-state index in [9.17, 15) is 4.79 Å². The summed E-state index contributed by atoms with van der Waals surface area (Å²) in [6, 6.07) is 7.99. The molecule has 1 heterocycles. The van der Waals surface area contributed by atoms with E-state index in [1.807, 2.05) is 0 Å². The van der Waals surface area contributed by atoms with Gasteiger partial charge < -0.3 is 15.8 Å². The van der Waals surface area contributed by atoms with Crippen LogP contribution < -0.4 is 11.1 Å². The van der Waals surface area contributed by atoms with Gasteiger partial charge in [0.2, 0.25) is 5.91 Å². The summed E-state index contributed by atoms with van der Waals surface area (Å²) in [6.07, 6.45) is 1.74. The lowest BCUT2D eigenvalue weighted by molar-refractivity contribution is -0.124. The van der Waals surface area contributed by atoms with E-state index < -0.39 is 6.04 Å². The number of nitrogens with two attached hydrogens (primary N) is 1. The lowest BCUT2D eigenvalue weighted by Crippen LogP contribution is -2.49. The molecular weight excluding hydrogens is 276 g/mol. The summed E-state index contributed by atoms with van der Waals surface area (Å²) in [5, 5.41) is 3.03. The second kappa shape index (κ2) is 7.25. The molecule has 1 aliphatic rings. The third-order valence-electron chi connectivity index (χ3n) is 4.58. The lowest BCUT2D eigenvalue weighted by Gasteiger charge is -2.30. The van der Waals surface area contributed by atoms with E-state index in [1.54, 1.807) is 0 Å². The van der Waals surface area contributed by atoms with Crippen molar-refractivity contribution < 1.29 is 9.53 Å². The first-order valence-electron chi connectivity index (χ1n) is 8.08. The summed E-state index contributed by atoms with van der Waals surface area (Å²) in [5.74, 6) is 0.184. The minimum atomic E-state index is -0.433. The molecule has 22 heavy (non-hydrogen) atoms. The van der Waals surface area contributed by atoms with Gasteiger partial charge >= 0.3 is 0 Å². The molecule has 4 nitrogen and oxygen atoms in total. The highest BCUT2D eigenvalue weighted by Gasteiger charge is 2.28. The monoisotopic (exact) mass is 304 g/mol. The van der Waals surface area contributed by atoms with E-state index in [0.717, 1.165) is 12.8 Å². The smallest absolute Gasteiger partial charge is 0.237 e. The van der Waals surface area contributed by atoms with Crippen LogP contribution in [0.1, 0.15) is 37.8 Å². The predicted octanol–water partition coefficient (Wildman–Crippen LogP) is 2.14. The maximum Gasteiger partial charge on any atom is 0.237 e. The van der Waals surface area contributed by atoms with Crippen LogP contribution in [0.5, 0.6) is 0 Å². The molecule has 1 aromatic carbocycles. The highest BCUT2D eigenvalue weighted by atomic mass is 16.5. The number of carbonyl (C=O) groups is 1. The summed E-state index contributed by atoms with van der Waals surface area (Å²) >= 11 is 0. The fraction of sp³-hybridized carbons (Fsp3) is 0.611. The van der Waals surface area contributed by atoms with E-state index in [0.29, 0.717) is 19.8 Å². The zero-order valence-electron chi connectivity index (χ0n) is 13.9. The number of aryl methyl sites for hydroxylation is 1. The average molecular weight is 304 g/mol. The first-order chi connectivity index (χ1) is 10.4. The van der Waals surface area contributed by atoms with Gasteiger partial charge in [-0.05, 0) is 31.2 Å². The second-order valence-corrected chi connectivity index (χ2v) is 6.95. The van der Waals surface area contributed by atoms with Gasteiger partial charge in [0, 0.05) is 25.2 Å². The Hall–Kier alpha value is -1.39. The van der Waals surface area contributed by atoms with Crippen molar-refractivity contribution in [3.8, 4) is 0 Å². The van der Waals surface area contributed by atoms with Gasteiger partial charge in [0.15, 0.2) is 0 Å². The Bertz CT molecular complexity index is 508. The number of carbonyl (C=O) groups excluding carboxylic acids is 1. The van der Waals surface area contributed by atoms with Gasteiger partial charge in [0.05, 0.1) is 6.04 Å². The van der Waals surface area contributed by atoms with E-state index in [-0.39, 0.29) is 17.2 Å². The van der Waals surface area contributed by atoms with E-state index >= 15 is 0 Å². The average Bonchev–Trinajstić information content (AvgIpc) is 2.53. The van der Waals surface area contributed by atoms with Gasteiger partial charge in [-0.2, -0.15) is 0 Å². The van der Waals surface area contributed by atoms with Crippen molar-refractivity contribution in [1.29, 1.82) is 0 Å². The highest BCUT2D eigenvalue weighted by Crippen LogP contribution is 2.23. The zero-order valence-corrected chi connectivity index (χ0v) is 13.9. The number of ether oxygens (including phenoxy) is 1. The van der Waals surface area contributed by atoms with Crippen LogP contribution in [-0.2, 0) is 14.9 Å². The van der Waals surface area contributed by atoms with Crippen LogP contribution in [0.2, 0.25) is 0 Å². The van der Waals surface area contributed by atoms with Gasteiger partial charge in [-0.3, -0.25) is 4.79 Å². The van der Waals surface area contributed by atoms with Gasteiger partial charge in [-0.1, -0.05) is 43.7 Å². The molecule has 1 atom stereocenters. The molecule has 0 bridgehead atoms. The molecule has 3 N–H and O–H groups in total. The molecule has 1 unspecified atom stereocenters. The van der Waals surface area contributed by atoms with Gasteiger partial charge in [-0.15, -0.1) is 0 Å². The normalized spacial score (nSPS) is 18.0. The fourth-order valence-corrected chi connectivity index (χ4v) is 2.88. The van der Waals surface area contributed by atoms with Crippen LogP contribution in [0.4, 0.5) is 0 Å². The van der Waals surface area contributed by atoms with Crippen molar-refractivity contribution in [2.45, 2.75) is 45.1 Å². The van der Waals surface area contributed by atoms with Crippen LogP contribution in [0, 0.1) is 12.8 Å². The number of hydrogen-bond donors (Lipinski definition) is 2. The third-order valence-corrected chi connectivity index (χ3v) is 4.58. The van der Waals surface area contributed by atoms with Crippen molar-refractivity contribution in [1.82, 2.24) is 5.32 Å². The number of amides is 1. The number of hydrogen-bond acceptors (Lipinski definition) is 3. The molecule has 0 spiro atoms. The molecule has 1 aromatic rings. The Balaban J connectivity index is 1.91. The number of benzene rings is 1. The van der Waals surface area contributed by atoms with Crippen molar-refractivity contribution in [3.63, 3.8) is 0 Å². The molecule has 1 aliphatic heterocycles. The van der Waals surface area contributed by atoms with Crippen LogP contribution in [0.25, 0.3) is 0 Å². The van der Waals surface area contributed by atoms with E-state index in [1.165, 1.54) is 11.1 Å². The molecular formula is C18H28N2O2. The fourth-order valence-electron chi connectivity index (χ4n) is 2.88. The van der Waals surface area contributed by atoms with Crippen LogP contribution >= 0.6 is 0 Å². The van der Waals surface area contributed by atoms with Gasteiger partial charge in [0.1, 0.15) is 0 Å². The Labute approximate surface area is 133 Å². The summed E-state index contributed by atoms with van der Waals surface area (Å²) in [4.78, 5) is 12.3. The van der Waals surface area contributed by atoms with E-state index in [2.05, 4.69) is 50.4 Å². The van der Waals surface area contributed by atoms with Crippen LogP contribution in [0.15, 0.2) is 24.3 Å². The minimum absolute atomic E-state index is 0.0485. The maximum absolute atomic E-state index is 12.3. The molecule has 0 saturated carbocycles. The maximum atomic E-state index is 12.3. The van der Waals surface area contributed by atoms with Crippen molar-refractivity contribution >= 4 is 5.91 Å². The van der Waals surface area contributed by atoms with Crippen LogP contribution in [0.3, 0.4) is 0 Å². The Morgan fingerprint density at radius 1 is 1.41 bits per heavy atom. The van der Waals surface area contributed by atoms with Crippen molar-refractivity contribution in [2.75, 3.05) is 19.8 Å². The summed E-state index contributed by atoms with van der Waals surface area (Å²) in [6.45, 7) is 8.37. The quantitative estimate of drug-likeness (QED) is 0.876. The molecule has 1 saturated heterocycles. The van der Waals surface area contributed by atoms with Gasteiger partial charge in [0.25, 0.3) is 0 Å². The molecule has 1 fully saturated rings. The summed E-state index contributed by atoms with van der Waals surface area (Å²) in [5.41, 5.74) is 8.46. The first kappa shape index (κ1) is 17.0. The number of rotatable bonds is 5. The van der Waals surface area contributed by atoms with Gasteiger partial charge in [-0.25, -0.2) is 0 Å². The predicted molar refractivity (Wildman–Crippen MR) is 88.7 cm³/mol. The molecule has 122 valence electrons. The molecule has 4 heteroatoms. The molecule has 0 aliphatic carbocycles. The second-order valence-electron chi connectivity index (χ2n) is 6.95. The summed E-state index contributed by atoms with van der Waals surface area (Å²) < 4.78 is 5.33. The minimum Gasteiger partial charge on any atom is -0.381 e.